The van der Waals surface area contributed by atoms with Crippen LogP contribution >= 0.6 is 0 Å². The molecule has 1 saturated carbocycles. The number of carbonyl (C=O) groups excluding carboxylic acids is 2. The summed E-state index contributed by atoms with van der Waals surface area (Å²) in [5, 5.41) is 63.9. The Hall–Kier alpha value is -2.62. The van der Waals surface area contributed by atoms with Crippen LogP contribution in [0, 0.1) is 0 Å². The number of phenols is 1. The molecule has 0 aromatic heterocycles. The predicted molar refractivity (Wildman–Crippen MR) is 118 cm³/mol. The van der Waals surface area contributed by atoms with Gasteiger partial charge in [0.25, 0.3) is 0 Å². The molecular formula is C23H29NO12. The first-order chi connectivity index (χ1) is 17.0. The van der Waals surface area contributed by atoms with Gasteiger partial charge in [-0.2, -0.15) is 0 Å². The second kappa shape index (κ2) is 10.4. The molecule has 2 heterocycles. The molecule has 1 aromatic carbocycles. The predicted octanol–water partition coefficient (Wildman–Crippen LogP) is -2.47. The number of phenolic OH excluding ortho intramolecular Hbond substituents is 1. The van der Waals surface area contributed by atoms with Crippen molar-refractivity contribution in [2.75, 3.05) is 6.79 Å². The zero-order valence-electron chi connectivity index (χ0n) is 19.4. The molecule has 7 N–H and O–H groups in total. The first kappa shape index (κ1) is 26.4. The maximum atomic E-state index is 12.7. The second-order valence-corrected chi connectivity index (χ2v) is 9.04. The van der Waals surface area contributed by atoms with Gasteiger partial charge in [-0.1, -0.05) is 6.07 Å². The van der Waals surface area contributed by atoms with E-state index < -0.39 is 72.9 Å². The highest BCUT2D eigenvalue weighted by molar-refractivity contribution is 5.97. The molecule has 0 spiro atoms. The van der Waals surface area contributed by atoms with Gasteiger partial charge in [-0.05, 0) is 37.6 Å². The number of ether oxygens (including phenoxy) is 4. The Balaban J connectivity index is 1.41. The molecule has 4 rings (SSSR count). The SMILES string of the molecule is CC(=O)[C@@H]1O[C@@H](Oc2ccc(C=C(C)C(=O)N[C@@H]3[C@@H](O)[C@@H](O)[C@H]4OCO[C@H]4[C@H]3O)cc2O)[C@@H](O)[C@H]1O. The van der Waals surface area contributed by atoms with Crippen LogP contribution in [0.15, 0.2) is 23.8 Å². The lowest BCUT2D eigenvalue weighted by atomic mass is 9.83. The molecule has 3 fully saturated rings. The average Bonchev–Trinajstić information content (AvgIpc) is 3.43. The molecule has 0 unspecified atom stereocenters. The van der Waals surface area contributed by atoms with Gasteiger partial charge in [-0.3, -0.25) is 9.59 Å². The summed E-state index contributed by atoms with van der Waals surface area (Å²) in [5.41, 5.74) is 0.545. The van der Waals surface area contributed by atoms with Gasteiger partial charge in [0.1, 0.15) is 55.6 Å². The summed E-state index contributed by atoms with van der Waals surface area (Å²) in [6.45, 7) is 2.52. The zero-order chi connectivity index (χ0) is 26.3. The zero-order valence-corrected chi connectivity index (χ0v) is 19.4. The third kappa shape index (κ3) is 4.96. The number of fused-ring (bicyclic) bond motifs is 1. The number of carbonyl (C=O) groups is 2. The number of benzene rings is 1. The Morgan fingerprint density at radius 2 is 1.64 bits per heavy atom. The molecule has 0 radical (unpaired) electrons. The number of Topliss-reactive ketones (excluding diaryl/α,β-unsaturated/α-hetero) is 1. The van der Waals surface area contributed by atoms with Crippen LogP contribution in [0.5, 0.6) is 11.5 Å². The van der Waals surface area contributed by atoms with Gasteiger partial charge >= 0.3 is 0 Å². The smallest absolute Gasteiger partial charge is 0.247 e. The number of aromatic hydroxyl groups is 1. The Labute approximate surface area is 205 Å². The van der Waals surface area contributed by atoms with Crippen molar-refractivity contribution >= 4 is 17.8 Å². The lowest BCUT2D eigenvalue weighted by molar-refractivity contribution is -0.155. The minimum absolute atomic E-state index is 0.0921. The summed E-state index contributed by atoms with van der Waals surface area (Å²) >= 11 is 0. The van der Waals surface area contributed by atoms with Gasteiger partial charge in [0, 0.05) is 5.57 Å². The van der Waals surface area contributed by atoms with Crippen LogP contribution in [-0.2, 0) is 23.8 Å². The number of nitrogens with one attached hydrogen (secondary N) is 1. The van der Waals surface area contributed by atoms with Crippen LogP contribution in [0.25, 0.3) is 6.08 Å². The number of aliphatic hydroxyl groups is 5. The lowest BCUT2D eigenvalue weighted by Gasteiger charge is -2.41. The van der Waals surface area contributed by atoms with E-state index in [-0.39, 0.29) is 23.9 Å². The molecule has 3 aliphatic rings. The molecule has 10 atom stereocenters. The topological polar surface area (TPSA) is 204 Å². The van der Waals surface area contributed by atoms with E-state index in [1.165, 1.54) is 38.1 Å². The molecule has 0 bridgehead atoms. The van der Waals surface area contributed by atoms with Crippen molar-refractivity contribution in [2.45, 2.75) is 75.0 Å². The molecule has 13 nitrogen and oxygen atoms in total. The summed E-state index contributed by atoms with van der Waals surface area (Å²) in [6.07, 6.45) is -10.2. The summed E-state index contributed by atoms with van der Waals surface area (Å²) in [4.78, 5) is 24.2. The lowest BCUT2D eigenvalue weighted by Crippen LogP contribution is -2.67. The van der Waals surface area contributed by atoms with Crippen molar-refractivity contribution in [1.29, 1.82) is 0 Å². The van der Waals surface area contributed by atoms with Gasteiger partial charge < -0.3 is 54.9 Å². The van der Waals surface area contributed by atoms with E-state index in [2.05, 4.69) is 5.32 Å². The molecule has 13 heteroatoms. The Kier molecular flexibility index (Phi) is 7.64. The Morgan fingerprint density at radius 3 is 2.25 bits per heavy atom. The van der Waals surface area contributed by atoms with Gasteiger partial charge in [0.05, 0.1) is 6.04 Å². The van der Waals surface area contributed by atoms with Crippen molar-refractivity contribution in [3.05, 3.63) is 29.3 Å². The van der Waals surface area contributed by atoms with Crippen LogP contribution in [0.2, 0.25) is 0 Å². The minimum atomic E-state index is -1.51. The number of ketones is 1. The van der Waals surface area contributed by atoms with Crippen LogP contribution in [-0.4, -0.2) is 110 Å². The van der Waals surface area contributed by atoms with Crippen molar-refractivity contribution in [3.63, 3.8) is 0 Å². The van der Waals surface area contributed by atoms with E-state index in [9.17, 15) is 40.2 Å². The van der Waals surface area contributed by atoms with Gasteiger partial charge in [0.15, 0.2) is 17.3 Å². The van der Waals surface area contributed by atoms with E-state index >= 15 is 0 Å². The van der Waals surface area contributed by atoms with Crippen LogP contribution in [0.3, 0.4) is 0 Å². The fourth-order valence-corrected chi connectivity index (χ4v) is 4.46. The fraction of sp³-hybridized carbons (Fsp3) is 0.565. The minimum Gasteiger partial charge on any atom is -0.504 e. The fourth-order valence-electron chi connectivity index (χ4n) is 4.46. The third-order valence-electron chi connectivity index (χ3n) is 6.49. The molecular weight excluding hydrogens is 482 g/mol. The summed E-state index contributed by atoms with van der Waals surface area (Å²) in [5.74, 6) is -1.59. The van der Waals surface area contributed by atoms with Crippen molar-refractivity contribution in [1.82, 2.24) is 5.32 Å². The molecule has 2 aliphatic heterocycles. The van der Waals surface area contributed by atoms with Crippen molar-refractivity contribution in [2.24, 2.45) is 0 Å². The molecule has 1 aromatic rings. The van der Waals surface area contributed by atoms with Gasteiger partial charge in [-0.15, -0.1) is 0 Å². The number of aliphatic hydroxyl groups excluding tert-OH is 5. The van der Waals surface area contributed by atoms with E-state index in [0.717, 1.165) is 0 Å². The van der Waals surface area contributed by atoms with E-state index in [1.807, 2.05) is 0 Å². The highest BCUT2D eigenvalue weighted by Crippen LogP contribution is 2.33. The largest absolute Gasteiger partial charge is 0.504 e. The van der Waals surface area contributed by atoms with E-state index in [1.54, 1.807) is 0 Å². The van der Waals surface area contributed by atoms with Gasteiger partial charge in [-0.25, -0.2) is 0 Å². The number of amides is 1. The molecule has 36 heavy (non-hydrogen) atoms. The van der Waals surface area contributed by atoms with Crippen LogP contribution in [0.4, 0.5) is 0 Å². The molecule has 2 saturated heterocycles. The number of rotatable bonds is 6. The normalized spacial score (nSPS) is 38.5. The monoisotopic (exact) mass is 511 g/mol. The second-order valence-electron chi connectivity index (χ2n) is 9.04. The van der Waals surface area contributed by atoms with Crippen molar-refractivity contribution in [3.8, 4) is 11.5 Å². The van der Waals surface area contributed by atoms with Crippen LogP contribution in [0.1, 0.15) is 19.4 Å². The van der Waals surface area contributed by atoms with E-state index in [4.69, 9.17) is 18.9 Å². The quantitative estimate of drug-likeness (QED) is 0.199. The Morgan fingerprint density at radius 1 is 0.972 bits per heavy atom. The van der Waals surface area contributed by atoms with E-state index in [0.29, 0.717) is 5.56 Å². The molecule has 1 amide bonds. The summed E-state index contributed by atoms with van der Waals surface area (Å²) in [7, 11) is 0. The molecule has 198 valence electrons. The van der Waals surface area contributed by atoms with Gasteiger partial charge in [0.2, 0.25) is 12.2 Å². The van der Waals surface area contributed by atoms with Crippen molar-refractivity contribution < 1.29 is 59.2 Å². The first-order valence-electron chi connectivity index (χ1n) is 11.3. The average molecular weight is 511 g/mol. The first-order valence-corrected chi connectivity index (χ1v) is 11.3. The summed E-state index contributed by atoms with van der Waals surface area (Å²) < 4.78 is 21.1. The number of hydrogen-bond donors (Lipinski definition) is 7. The molecule has 1 aliphatic carbocycles. The Bertz CT molecular complexity index is 1030. The van der Waals surface area contributed by atoms with Crippen LogP contribution < -0.4 is 10.1 Å². The standard InChI is InChI=1S/C23H29NO12/c1-8(22(32)24-13-14(27)16(29)21-20(15(13)28)33-7-34-21)5-10-3-4-12(11(26)6-10)35-23-18(31)17(30)19(36-23)9(2)25/h3-6,13-21,23,26-31H,7H2,1-2H3,(H,24,32)/t13-,14-,15+,16-,17-,18+,19+,20+,21-,23-/m1/s1. The maximum absolute atomic E-state index is 12.7. The number of hydrogen-bond acceptors (Lipinski definition) is 12. The highest BCUT2D eigenvalue weighted by atomic mass is 16.7. The third-order valence-corrected chi connectivity index (χ3v) is 6.49. The maximum Gasteiger partial charge on any atom is 0.247 e. The summed E-state index contributed by atoms with van der Waals surface area (Å²) in [6, 6.07) is 2.90. The highest BCUT2D eigenvalue weighted by Gasteiger charge is 2.53.